The van der Waals surface area contributed by atoms with Crippen LogP contribution in [0.5, 0.6) is 0 Å². The van der Waals surface area contributed by atoms with Gasteiger partial charge in [-0.05, 0) is 30.4 Å². The zero-order chi connectivity index (χ0) is 10.3. The molecule has 1 aromatic rings. The van der Waals surface area contributed by atoms with E-state index in [1.807, 2.05) is 0 Å². The molecular weight excluding hydrogens is 186 g/mol. The van der Waals surface area contributed by atoms with Crippen LogP contribution in [0, 0.1) is 0 Å². The van der Waals surface area contributed by atoms with Gasteiger partial charge in [0.2, 0.25) is 0 Å². The highest BCUT2D eigenvalue weighted by Gasteiger charge is 2.28. The van der Waals surface area contributed by atoms with Crippen molar-refractivity contribution in [3.8, 4) is 0 Å². The molecule has 0 spiro atoms. The first-order valence-corrected chi connectivity index (χ1v) is 5.72. The summed E-state index contributed by atoms with van der Waals surface area (Å²) in [5, 5.41) is 0. The summed E-state index contributed by atoms with van der Waals surface area (Å²) in [6.45, 7) is 2.21. The van der Waals surface area contributed by atoms with Gasteiger partial charge in [-0.15, -0.1) is 0 Å². The van der Waals surface area contributed by atoms with E-state index in [-0.39, 0.29) is 5.92 Å². The van der Waals surface area contributed by atoms with Crippen molar-refractivity contribution in [2.75, 3.05) is 18.0 Å². The van der Waals surface area contributed by atoms with Gasteiger partial charge in [0.1, 0.15) is 6.29 Å². The Morgan fingerprint density at radius 1 is 1.33 bits per heavy atom. The molecule has 0 aromatic heterocycles. The molecule has 3 rings (SSSR count). The van der Waals surface area contributed by atoms with Crippen molar-refractivity contribution >= 4 is 12.0 Å². The van der Waals surface area contributed by atoms with Gasteiger partial charge < -0.3 is 9.69 Å². The van der Waals surface area contributed by atoms with Crippen LogP contribution in [0.3, 0.4) is 0 Å². The van der Waals surface area contributed by atoms with Crippen LogP contribution in [0.15, 0.2) is 18.2 Å². The molecular formula is C13H15NO. The zero-order valence-electron chi connectivity index (χ0n) is 8.78. The molecule has 1 aromatic carbocycles. The molecule has 2 heterocycles. The topological polar surface area (TPSA) is 20.3 Å². The van der Waals surface area contributed by atoms with Crippen molar-refractivity contribution in [1.29, 1.82) is 0 Å². The minimum atomic E-state index is 0.134. The predicted molar refractivity (Wildman–Crippen MR) is 60.4 cm³/mol. The Hall–Kier alpha value is -1.31. The van der Waals surface area contributed by atoms with E-state index in [0.29, 0.717) is 0 Å². The zero-order valence-corrected chi connectivity index (χ0v) is 8.78. The van der Waals surface area contributed by atoms with Crippen molar-refractivity contribution in [3.05, 3.63) is 29.3 Å². The summed E-state index contributed by atoms with van der Waals surface area (Å²) in [7, 11) is 0. The Morgan fingerprint density at radius 3 is 3.13 bits per heavy atom. The number of hydrogen-bond acceptors (Lipinski definition) is 2. The Labute approximate surface area is 89.9 Å². The fourth-order valence-corrected chi connectivity index (χ4v) is 2.89. The molecule has 0 fully saturated rings. The maximum Gasteiger partial charge on any atom is 0.127 e. The largest absolute Gasteiger partial charge is 0.371 e. The summed E-state index contributed by atoms with van der Waals surface area (Å²) in [4.78, 5) is 13.5. The van der Waals surface area contributed by atoms with Crippen LogP contribution in [0.1, 0.15) is 29.9 Å². The van der Waals surface area contributed by atoms with Crippen LogP contribution in [0.25, 0.3) is 0 Å². The molecule has 0 amide bonds. The molecule has 1 unspecified atom stereocenters. The highest BCUT2D eigenvalue weighted by Crippen LogP contribution is 2.39. The third kappa shape index (κ3) is 1.28. The lowest BCUT2D eigenvalue weighted by Gasteiger charge is -2.38. The van der Waals surface area contributed by atoms with Gasteiger partial charge in [0, 0.05) is 24.7 Å². The Balaban J connectivity index is 2.17. The van der Waals surface area contributed by atoms with E-state index in [1.54, 1.807) is 0 Å². The Morgan fingerprint density at radius 2 is 2.27 bits per heavy atom. The summed E-state index contributed by atoms with van der Waals surface area (Å²) < 4.78 is 0. The van der Waals surface area contributed by atoms with Crippen molar-refractivity contribution < 1.29 is 4.79 Å². The van der Waals surface area contributed by atoms with Crippen LogP contribution in [-0.2, 0) is 11.2 Å². The van der Waals surface area contributed by atoms with Crippen molar-refractivity contribution in [2.45, 2.75) is 25.2 Å². The van der Waals surface area contributed by atoms with Crippen LogP contribution in [0.2, 0.25) is 0 Å². The SMILES string of the molecule is O=CC1CCN2CCCc3cccc1c32. The van der Waals surface area contributed by atoms with E-state index in [2.05, 4.69) is 23.1 Å². The Kier molecular flexibility index (Phi) is 2.01. The number of nitrogens with zero attached hydrogens (tertiary/aromatic N) is 1. The maximum absolute atomic E-state index is 11.0. The minimum absolute atomic E-state index is 0.134. The molecule has 0 aliphatic carbocycles. The summed E-state index contributed by atoms with van der Waals surface area (Å²) in [5.41, 5.74) is 4.06. The first kappa shape index (κ1) is 8.96. The fraction of sp³-hybridized carbons (Fsp3) is 0.462. The molecule has 78 valence electrons. The maximum atomic E-state index is 11.0. The molecule has 0 saturated carbocycles. The number of anilines is 1. The highest BCUT2D eigenvalue weighted by atomic mass is 16.1. The van der Waals surface area contributed by atoms with Gasteiger partial charge in [-0.3, -0.25) is 0 Å². The minimum Gasteiger partial charge on any atom is -0.371 e. The summed E-state index contributed by atoms with van der Waals surface area (Å²) >= 11 is 0. The molecule has 1 atom stereocenters. The van der Waals surface area contributed by atoms with Crippen molar-refractivity contribution in [2.24, 2.45) is 0 Å². The van der Waals surface area contributed by atoms with Gasteiger partial charge in [-0.25, -0.2) is 0 Å². The molecule has 2 heteroatoms. The Bertz CT molecular complexity index is 400. The lowest BCUT2D eigenvalue weighted by molar-refractivity contribution is -0.109. The van der Waals surface area contributed by atoms with Crippen LogP contribution < -0.4 is 4.90 Å². The van der Waals surface area contributed by atoms with Crippen LogP contribution in [-0.4, -0.2) is 19.4 Å². The van der Waals surface area contributed by atoms with Crippen molar-refractivity contribution in [1.82, 2.24) is 0 Å². The lowest BCUT2D eigenvalue weighted by atomic mass is 9.86. The summed E-state index contributed by atoms with van der Waals surface area (Å²) in [5.74, 6) is 0.134. The highest BCUT2D eigenvalue weighted by molar-refractivity contribution is 5.73. The molecule has 0 N–H and O–H groups in total. The molecule has 0 bridgehead atoms. The van der Waals surface area contributed by atoms with Gasteiger partial charge in [0.15, 0.2) is 0 Å². The summed E-state index contributed by atoms with van der Waals surface area (Å²) in [6, 6.07) is 6.42. The van der Waals surface area contributed by atoms with E-state index < -0.39 is 0 Å². The number of rotatable bonds is 1. The van der Waals surface area contributed by atoms with E-state index in [0.717, 1.165) is 25.8 Å². The van der Waals surface area contributed by atoms with Crippen molar-refractivity contribution in [3.63, 3.8) is 0 Å². The second-order valence-corrected chi connectivity index (χ2v) is 4.48. The average molecular weight is 201 g/mol. The first-order chi connectivity index (χ1) is 7.40. The van der Waals surface area contributed by atoms with Gasteiger partial charge in [0.25, 0.3) is 0 Å². The summed E-state index contributed by atoms with van der Waals surface area (Å²) in [6.07, 6.45) is 4.52. The number of carbonyl (C=O) groups excluding carboxylic acids is 1. The van der Waals surface area contributed by atoms with E-state index in [1.165, 1.54) is 29.7 Å². The van der Waals surface area contributed by atoms with E-state index >= 15 is 0 Å². The molecule has 2 nitrogen and oxygen atoms in total. The number of benzene rings is 1. The smallest absolute Gasteiger partial charge is 0.127 e. The van der Waals surface area contributed by atoms with E-state index in [4.69, 9.17) is 0 Å². The number of aryl methyl sites for hydroxylation is 1. The van der Waals surface area contributed by atoms with Crippen LogP contribution in [0.4, 0.5) is 5.69 Å². The van der Waals surface area contributed by atoms with Gasteiger partial charge in [-0.2, -0.15) is 0 Å². The van der Waals surface area contributed by atoms with E-state index in [9.17, 15) is 4.79 Å². The normalized spacial score (nSPS) is 23.5. The monoisotopic (exact) mass is 201 g/mol. The molecule has 15 heavy (non-hydrogen) atoms. The first-order valence-electron chi connectivity index (χ1n) is 5.72. The number of para-hydroxylation sites is 1. The fourth-order valence-electron chi connectivity index (χ4n) is 2.89. The molecule has 2 aliphatic heterocycles. The molecule has 0 saturated heterocycles. The molecule has 0 radical (unpaired) electrons. The third-order valence-electron chi connectivity index (χ3n) is 3.61. The lowest BCUT2D eigenvalue weighted by Crippen LogP contribution is -2.36. The quantitative estimate of drug-likeness (QED) is 0.649. The second-order valence-electron chi connectivity index (χ2n) is 4.48. The van der Waals surface area contributed by atoms with Crippen LogP contribution >= 0.6 is 0 Å². The van der Waals surface area contributed by atoms with Gasteiger partial charge in [0.05, 0.1) is 0 Å². The van der Waals surface area contributed by atoms with Gasteiger partial charge in [-0.1, -0.05) is 18.2 Å². The predicted octanol–water partition coefficient (Wildman–Crippen LogP) is 2.13. The average Bonchev–Trinajstić information content (AvgIpc) is 2.30. The number of hydrogen-bond donors (Lipinski definition) is 0. The number of aldehydes is 1. The third-order valence-corrected chi connectivity index (χ3v) is 3.61. The van der Waals surface area contributed by atoms with Gasteiger partial charge >= 0.3 is 0 Å². The molecule has 2 aliphatic rings. The standard InChI is InChI=1S/C13H15NO/c15-9-11-6-8-14-7-2-4-10-3-1-5-12(11)13(10)14/h1,3,5,9,11H,2,4,6-8H2. The second kappa shape index (κ2) is 3.37. The number of carbonyl (C=O) groups is 1.